The van der Waals surface area contributed by atoms with Gasteiger partial charge in [-0.2, -0.15) is 13.2 Å². The average molecular weight is 318 g/mol. The van der Waals surface area contributed by atoms with Gasteiger partial charge in [0.2, 0.25) is 0 Å². The fourth-order valence-corrected chi connectivity index (χ4v) is 2.07. The van der Waals surface area contributed by atoms with Gasteiger partial charge >= 0.3 is 5.51 Å². The summed E-state index contributed by atoms with van der Waals surface area (Å²) in [5, 5.41) is 13.9. The van der Waals surface area contributed by atoms with E-state index in [1.165, 1.54) is 24.5 Å². The highest BCUT2D eigenvalue weighted by Crippen LogP contribution is 2.30. The van der Waals surface area contributed by atoms with Gasteiger partial charge < -0.3 is 5.32 Å². The number of non-ortho nitro benzene ring substituents is 1. The Morgan fingerprint density at radius 3 is 2.76 bits per heavy atom. The highest BCUT2D eigenvalue weighted by atomic mass is 32.2. The number of hydrogen-bond donors (Lipinski definition) is 1. The lowest BCUT2D eigenvalue weighted by molar-refractivity contribution is -0.384. The summed E-state index contributed by atoms with van der Waals surface area (Å²) < 4.78 is 36.0. The van der Waals surface area contributed by atoms with Crippen LogP contribution in [0.5, 0.6) is 0 Å². The van der Waals surface area contributed by atoms with Crippen LogP contribution in [0, 0.1) is 10.1 Å². The summed E-state index contributed by atoms with van der Waals surface area (Å²) >= 11 is -0.148. The Bertz CT molecular complexity index is 665. The first-order valence-corrected chi connectivity index (χ1v) is 6.69. The van der Waals surface area contributed by atoms with E-state index >= 15 is 0 Å². The molecule has 6 nitrogen and oxygen atoms in total. The second-order valence-electron chi connectivity index (χ2n) is 3.90. The summed E-state index contributed by atoms with van der Waals surface area (Å²) in [7, 11) is 0. The fourth-order valence-electron chi connectivity index (χ4n) is 1.64. The molecule has 0 unspecified atom stereocenters. The second-order valence-corrected chi connectivity index (χ2v) is 5.06. The van der Waals surface area contributed by atoms with Crippen LogP contribution in [0.4, 0.5) is 24.7 Å². The van der Waals surface area contributed by atoms with Crippen molar-refractivity contribution in [1.82, 2.24) is 9.97 Å². The van der Waals surface area contributed by atoms with Crippen molar-refractivity contribution < 1.29 is 18.1 Å². The molecular formula is C11H9F3N4O2S. The molecule has 0 radical (unpaired) electrons. The first-order valence-electron chi connectivity index (χ1n) is 5.70. The number of anilines is 1. The second kappa shape index (κ2) is 6.12. The average Bonchev–Trinajstić information content (AvgIpc) is 2.42. The number of nitro groups is 1. The van der Waals surface area contributed by atoms with Crippen LogP contribution >= 0.6 is 11.8 Å². The molecule has 112 valence electrons. The summed E-state index contributed by atoms with van der Waals surface area (Å²) in [4.78, 5) is 18.0. The van der Waals surface area contributed by atoms with E-state index in [4.69, 9.17) is 0 Å². The highest BCUT2D eigenvalue weighted by molar-refractivity contribution is 8.00. The molecule has 0 aliphatic carbocycles. The van der Waals surface area contributed by atoms with Crippen molar-refractivity contribution in [1.29, 1.82) is 0 Å². The Kier molecular flexibility index (Phi) is 4.46. The van der Waals surface area contributed by atoms with E-state index in [0.717, 1.165) is 0 Å². The molecule has 0 saturated heterocycles. The smallest absolute Gasteiger partial charge is 0.369 e. The van der Waals surface area contributed by atoms with Crippen molar-refractivity contribution in [2.24, 2.45) is 0 Å². The molecule has 1 heterocycles. The monoisotopic (exact) mass is 318 g/mol. The van der Waals surface area contributed by atoms with Crippen LogP contribution in [0.15, 0.2) is 24.5 Å². The van der Waals surface area contributed by atoms with Crippen LogP contribution in [0.3, 0.4) is 0 Å². The van der Waals surface area contributed by atoms with Crippen molar-refractivity contribution >= 4 is 34.2 Å². The van der Waals surface area contributed by atoms with Gasteiger partial charge in [-0.25, -0.2) is 9.97 Å². The van der Waals surface area contributed by atoms with Crippen LogP contribution in [0.1, 0.15) is 0 Å². The predicted octanol–water partition coefficient (Wildman–Crippen LogP) is 3.20. The minimum atomic E-state index is -4.28. The van der Waals surface area contributed by atoms with E-state index in [0.29, 0.717) is 10.9 Å². The zero-order chi connectivity index (χ0) is 15.5. The molecule has 2 rings (SSSR count). The maximum absolute atomic E-state index is 12.0. The molecule has 1 aromatic carbocycles. The van der Waals surface area contributed by atoms with Gasteiger partial charge in [-0.15, -0.1) is 0 Å². The van der Waals surface area contributed by atoms with Gasteiger partial charge in [-0.05, 0) is 17.8 Å². The maximum Gasteiger partial charge on any atom is 0.441 e. The zero-order valence-electron chi connectivity index (χ0n) is 10.4. The summed E-state index contributed by atoms with van der Waals surface area (Å²) in [6.07, 6.45) is 1.24. The summed E-state index contributed by atoms with van der Waals surface area (Å²) in [5.74, 6) is 0.0793. The molecule has 0 aliphatic rings. The lowest BCUT2D eigenvalue weighted by Crippen LogP contribution is -2.10. The van der Waals surface area contributed by atoms with Crippen LogP contribution in [0.2, 0.25) is 0 Å². The van der Waals surface area contributed by atoms with Crippen LogP contribution in [-0.2, 0) is 0 Å². The van der Waals surface area contributed by atoms with Crippen LogP contribution in [0.25, 0.3) is 10.9 Å². The first-order chi connectivity index (χ1) is 9.87. The number of halogens is 3. The van der Waals surface area contributed by atoms with Crippen molar-refractivity contribution in [3.8, 4) is 0 Å². The van der Waals surface area contributed by atoms with Crippen LogP contribution in [-0.4, -0.2) is 32.7 Å². The lowest BCUT2D eigenvalue weighted by atomic mass is 10.2. The third-order valence-electron chi connectivity index (χ3n) is 2.49. The third-order valence-corrected chi connectivity index (χ3v) is 3.23. The number of alkyl halides is 3. The number of fused-ring (bicyclic) bond motifs is 1. The SMILES string of the molecule is O=[N+]([O-])c1ccc2ncnc(NCCSC(F)(F)F)c2c1. The quantitative estimate of drug-likeness (QED) is 0.518. The molecule has 1 N–H and O–H groups in total. The first kappa shape index (κ1) is 15.3. The standard InChI is InChI=1S/C11H9F3N4O2S/c12-11(13,14)21-4-3-15-10-8-5-7(18(19)20)1-2-9(8)16-6-17-10/h1-2,5-6H,3-4H2,(H,15,16,17). The number of hydrogen-bond acceptors (Lipinski definition) is 6. The molecule has 0 saturated carbocycles. The highest BCUT2D eigenvalue weighted by Gasteiger charge is 2.27. The lowest BCUT2D eigenvalue weighted by Gasteiger charge is -2.09. The van der Waals surface area contributed by atoms with E-state index < -0.39 is 10.4 Å². The fraction of sp³-hybridized carbons (Fsp3) is 0.273. The molecule has 2 aromatic rings. The minimum Gasteiger partial charge on any atom is -0.369 e. The molecule has 10 heteroatoms. The molecule has 0 fully saturated rings. The number of nitro benzene ring substituents is 1. The van der Waals surface area contributed by atoms with Crippen molar-refractivity contribution in [3.63, 3.8) is 0 Å². The van der Waals surface area contributed by atoms with Crippen molar-refractivity contribution in [2.75, 3.05) is 17.6 Å². The molecular weight excluding hydrogens is 309 g/mol. The Morgan fingerprint density at radius 2 is 2.10 bits per heavy atom. The number of nitrogens with one attached hydrogen (secondary N) is 1. The summed E-state index contributed by atoms with van der Waals surface area (Å²) in [6, 6.07) is 4.05. The molecule has 0 aliphatic heterocycles. The van der Waals surface area contributed by atoms with Gasteiger partial charge in [0.15, 0.2) is 0 Å². The van der Waals surface area contributed by atoms with E-state index in [1.807, 2.05) is 0 Å². The summed E-state index contributed by atoms with van der Waals surface area (Å²) in [5.41, 5.74) is -3.94. The summed E-state index contributed by atoms with van der Waals surface area (Å²) in [6.45, 7) is 0.0268. The number of nitrogens with zero attached hydrogens (tertiary/aromatic N) is 3. The molecule has 1 aromatic heterocycles. The normalized spacial score (nSPS) is 11.6. The van der Waals surface area contributed by atoms with Crippen molar-refractivity contribution in [3.05, 3.63) is 34.6 Å². The molecule has 0 atom stereocenters. The molecule has 0 spiro atoms. The molecule has 0 bridgehead atoms. The Labute approximate surface area is 120 Å². The van der Waals surface area contributed by atoms with Gasteiger partial charge in [0.05, 0.1) is 10.4 Å². The molecule has 0 amide bonds. The van der Waals surface area contributed by atoms with Gasteiger partial charge in [-0.3, -0.25) is 10.1 Å². The van der Waals surface area contributed by atoms with E-state index in [1.54, 1.807) is 0 Å². The number of aromatic nitrogens is 2. The van der Waals surface area contributed by atoms with E-state index in [9.17, 15) is 23.3 Å². The number of benzene rings is 1. The zero-order valence-corrected chi connectivity index (χ0v) is 11.2. The minimum absolute atomic E-state index is 0.0268. The van der Waals surface area contributed by atoms with Gasteiger partial charge in [0.25, 0.3) is 5.69 Å². The largest absolute Gasteiger partial charge is 0.441 e. The number of rotatable bonds is 5. The Hall–Kier alpha value is -2.10. The van der Waals surface area contributed by atoms with Gasteiger partial charge in [-0.1, -0.05) is 0 Å². The van der Waals surface area contributed by atoms with E-state index in [2.05, 4.69) is 15.3 Å². The van der Waals surface area contributed by atoms with Crippen LogP contribution < -0.4 is 5.32 Å². The number of thioether (sulfide) groups is 1. The van der Waals surface area contributed by atoms with Gasteiger partial charge in [0, 0.05) is 29.8 Å². The Balaban J connectivity index is 2.15. The maximum atomic E-state index is 12.0. The van der Waals surface area contributed by atoms with E-state index in [-0.39, 0.29) is 35.6 Å². The van der Waals surface area contributed by atoms with Crippen molar-refractivity contribution in [2.45, 2.75) is 5.51 Å². The Morgan fingerprint density at radius 1 is 1.33 bits per heavy atom. The predicted molar refractivity (Wildman–Crippen MR) is 73.2 cm³/mol. The topological polar surface area (TPSA) is 81.0 Å². The van der Waals surface area contributed by atoms with Gasteiger partial charge in [0.1, 0.15) is 12.1 Å². The molecule has 21 heavy (non-hydrogen) atoms. The third kappa shape index (κ3) is 4.18.